The van der Waals surface area contributed by atoms with Crippen molar-refractivity contribution in [3.63, 3.8) is 0 Å². The first kappa shape index (κ1) is 16.4. The Labute approximate surface area is 143 Å². The Balaban J connectivity index is 2.10. The van der Waals surface area contributed by atoms with E-state index in [-0.39, 0.29) is 9.72 Å². The van der Waals surface area contributed by atoms with Gasteiger partial charge in [0.2, 0.25) is 10.0 Å². The fourth-order valence-corrected chi connectivity index (χ4v) is 4.45. The summed E-state index contributed by atoms with van der Waals surface area (Å²) in [5.74, 6) is -0.432. The van der Waals surface area contributed by atoms with Crippen LogP contribution in [0.1, 0.15) is 24.2 Å². The fourth-order valence-electron chi connectivity index (χ4n) is 2.62. The largest absolute Gasteiger partial charge is 0.283 e. The van der Waals surface area contributed by atoms with Crippen molar-refractivity contribution in [2.24, 2.45) is 7.05 Å². The van der Waals surface area contributed by atoms with Crippen molar-refractivity contribution >= 4 is 31.6 Å². The van der Waals surface area contributed by atoms with Crippen LogP contribution < -0.4 is 4.72 Å². The van der Waals surface area contributed by atoms with Gasteiger partial charge in [-0.25, -0.2) is 12.8 Å². The Morgan fingerprint density at radius 1 is 1.35 bits per heavy atom. The Hall–Kier alpha value is -1.41. The molecule has 1 aliphatic carbocycles. The van der Waals surface area contributed by atoms with E-state index in [1.54, 1.807) is 18.7 Å². The number of hydrogen-bond acceptors (Lipinski definition) is 3. The summed E-state index contributed by atoms with van der Waals surface area (Å²) in [5, 5.41) is 3.96. The summed E-state index contributed by atoms with van der Waals surface area (Å²) in [6.07, 6.45) is 1.34. The molecule has 0 saturated heterocycles. The number of nitrogens with zero attached hydrogens (tertiary/aromatic N) is 2. The fraction of sp³-hybridized carbons (Fsp3) is 0.400. The summed E-state index contributed by atoms with van der Waals surface area (Å²) in [6.45, 7) is 3.65. The lowest BCUT2D eigenvalue weighted by Crippen LogP contribution is -2.17. The van der Waals surface area contributed by atoms with E-state index >= 15 is 0 Å². The number of anilines is 1. The first-order valence-corrected chi connectivity index (χ1v) is 9.56. The van der Waals surface area contributed by atoms with Crippen LogP contribution in [0.5, 0.6) is 0 Å². The van der Waals surface area contributed by atoms with Gasteiger partial charge in [0.15, 0.2) is 0 Å². The van der Waals surface area contributed by atoms with Gasteiger partial charge < -0.3 is 0 Å². The number of rotatable bonds is 4. The quantitative estimate of drug-likeness (QED) is 0.852. The predicted molar refractivity (Wildman–Crippen MR) is 91.3 cm³/mol. The van der Waals surface area contributed by atoms with Gasteiger partial charge in [0, 0.05) is 23.9 Å². The lowest BCUT2D eigenvalue weighted by Gasteiger charge is -2.12. The number of benzene rings is 1. The summed E-state index contributed by atoms with van der Waals surface area (Å²) in [5.41, 5.74) is 2.87. The van der Waals surface area contributed by atoms with E-state index in [2.05, 4.69) is 25.8 Å². The maximum absolute atomic E-state index is 14.6. The summed E-state index contributed by atoms with van der Waals surface area (Å²) < 4.78 is 43.2. The number of hydrogen-bond donors (Lipinski definition) is 1. The van der Waals surface area contributed by atoms with Crippen LogP contribution in [0.3, 0.4) is 0 Å². The predicted octanol–water partition coefficient (Wildman–Crippen LogP) is 3.51. The number of sulfonamides is 1. The highest BCUT2D eigenvalue weighted by atomic mass is 79.9. The smallest absolute Gasteiger partial charge is 0.235 e. The second-order valence-electron chi connectivity index (χ2n) is 5.84. The van der Waals surface area contributed by atoms with E-state index < -0.39 is 15.8 Å². The molecule has 0 atom stereocenters. The third-order valence-corrected chi connectivity index (χ3v) is 6.48. The molecular formula is C15H17BrFN3O2S. The van der Waals surface area contributed by atoms with Gasteiger partial charge >= 0.3 is 0 Å². The molecule has 124 valence electrons. The molecule has 2 aromatic rings. The van der Waals surface area contributed by atoms with Crippen LogP contribution in [-0.2, 0) is 17.1 Å². The molecule has 1 aromatic heterocycles. The number of nitrogens with one attached hydrogen (secondary N) is 1. The number of aryl methyl sites for hydroxylation is 2. The molecule has 1 fully saturated rings. The lowest BCUT2D eigenvalue weighted by atomic mass is 10.0. The van der Waals surface area contributed by atoms with Crippen LogP contribution in [0, 0.1) is 19.7 Å². The molecule has 0 amide bonds. The van der Waals surface area contributed by atoms with Crippen molar-refractivity contribution < 1.29 is 12.8 Å². The average molecular weight is 402 g/mol. The molecule has 0 radical (unpaired) electrons. The average Bonchev–Trinajstić information content (AvgIpc) is 3.25. The highest BCUT2D eigenvalue weighted by molar-refractivity contribution is 9.10. The Kier molecular flexibility index (Phi) is 4.00. The zero-order chi connectivity index (χ0) is 16.9. The van der Waals surface area contributed by atoms with E-state index in [1.165, 1.54) is 12.1 Å². The van der Waals surface area contributed by atoms with E-state index in [9.17, 15) is 12.8 Å². The molecule has 0 aliphatic heterocycles. The SMILES string of the molecule is Cc1nn(C)c(C)c1-c1cc(NS(=O)(=O)C2CC2)cc(Br)c1F. The van der Waals surface area contributed by atoms with Crippen LogP contribution in [0.4, 0.5) is 10.1 Å². The van der Waals surface area contributed by atoms with Crippen molar-refractivity contribution in [1.29, 1.82) is 0 Å². The van der Waals surface area contributed by atoms with Crippen molar-refractivity contribution in [3.05, 3.63) is 33.8 Å². The van der Waals surface area contributed by atoms with E-state index in [1.807, 2.05) is 6.92 Å². The Morgan fingerprint density at radius 2 is 2.00 bits per heavy atom. The summed E-state index contributed by atoms with van der Waals surface area (Å²) in [4.78, 5) is 0. The van der Waals surface area contributed by atoms with Crippen LogP contribution in [0.2, 0.25) is 0 Å². The van der Waals surface area contributed by atoms with Gasteiger partial charge in [-0.15, -0.1) is 0 Å². The molecule has 0 bridgehead atoms. The highest BCUT2D eigenvalue weighted by Crippen LogP contribution is 2.36. The van der Waals surface area contributed by atoms with E-state index in [0.717, 1.165) is 5.69 Å². The van der Waals surface area contributed by atoms with Crippen molar-refractivity contribution in [3.8, 4) is 11.1 Å². The summed E-state index contributed by atoms with van der Waals surface area (Å²) in [6, 6.07) is 2.97. The maximum atomic E-state index is 14.6. The Morgan fingerprint density at radius 3 is 2.52 bits per heavy atom. The van der Waals surface area contributed by atoms with Crippen molar-refractivity contribution in [2.45, 2.75) is 31.9 Å². The van der Waals surface area contributed by atoms with Crippen LogP contribution in [0.15, 0.2) is 16.6 Å². The van der Waals surface area contributed by atoms with Gasteiger partial charge in [-0.05, 0) is 54.8 Å². The van der Waals surface area contributed by atoms with Crippen LogP contribution in [0.25, 0.3) is 11.1 Å². The molecule has 5 nitrogen and oxygen atoms in total. The molecule has 23 heavy (non-hydrogen) atoms. The van der Waals surface area contributed by atoms with Crippen LogP contribution in [-0.4, -0.2) is 23.4 Å². The minimum Gasteiger partial charge on any atom is -0.283 e. The number of aromatic nitrogens is 2. The second kappa shape index (κ2) is 5.59. The minimum atomic E-state index is -3.40. The van der Waals surface area contributed by atoms with Crippen molar-refractivity contribution in [1.82, 2.24) is 9.78 Å². The molecule has 1 aliphatic rings. The molecule has 1 aromatic carbocycles. The molecule has 1 N–H and O–H groups in total. The molecule has 3 rings (SSSR count). The molecule has 8 heteroatoms. The Bertz CT molecular complexity index is 889. The zero-order valence-electron chi connectivity index (χ0n) is 13.0. The van der Waals surface area contributed by atoms with Gasteiger partial charge in [-0.1, -0.05) is 0 Å². The summed E-state index contributed by atoms with van der Waals surface area (Å²) in [7, 11) is -1.61. The van der Waals surface area contributed by atoms with E-state index in [0.29, 0.717) is 35.3 Å². The molecule has 1 heterocycles. The van der Waals surface area contributed by atoms with Gasteiger partial charge in [0.05, 0.1) is 21.1 Å². The summed E-state index contributed by atoms with van der Waals surface area (Å²) >= 11 is 3.17. The van der Waals surface area contributed by atoms with Gasteiger partial charge in [0.1, 0.15) is 5.82 Å². The third-order valence-electron chi connectivity index (χ3n) is 4.03. The molecular weight excluding hydrogens is 385 g/mol. The van der Waals surface area contributed by atoms with Gasteiger partial charge in [0.25, 0.3) is 0 Å². The lowest BCUT2D eigenvalue weighted by molar-refractivity contribution is 0.599. The standard InChI is InChI=1S/C15H17BrFN3O2S/c1-8-14(9(2)20(3)18-8)12-6-10(7-13(16)15(12)17)19-23(21,22)11-4-5-11/h6-7,11,19H,4-5H2,1-3H3. The highest BCUT2D eigenvalue weighted by Gasteiger charge is 2.36. The first-order chi connectivity index (χ1) is 10.7. The van der Waals surface area contributed by atoms with Crippen LogP contribution >= 0.6 is 15.9 Å². The molecule has 0 unspecified atom stereocenters. The zero-order valence-corrected chi connectivity index (χ0v) is 15.4. The topological polar surface area (TPSA) is 64.0 Å². The molecule has 0 spiro atoms. The minimum absolute atomic E-state index is 0.214. The van der Waals surface area contributed by atoms with Crippen molar-refractivity contribution in [2.75, 3.05) is 4.72 Å². The van der Waals surface area contributed by atoms with Gasteiger partial charge in [-0.3, -0.25) is 9.40 Å². The monoisotopic (exact) mass is 401 g/mol. The number of halogens is 2. The normalized spacial score (nSPS) is 15.0. The second-order valence-corrected chi connectivity index (χ2v) is 8.65. The third kappa shape index (κ3) is 3.01. The van der Waals surface area contributed by atoms with Gasteiger partial charge in [-0.2, -0.15) is 5.10 Å². The van der Waals surface area contributed by atoms with E-state index in [4.69, 9.17) is 0 Å². The molecule has 1 saturated carbocycles. The maximum Gasteiger partial charge on any atom is 0.235 e. The first-order valence-electron chi connectivity index (χ1n) is 7.22.